The van der Waals surface area contributed by atoms with Crippen molar-refractivity contribution in [2.24, 2.45) is 0 Å². The van der Waals surface area contributed by atoms with E-state index in [-0.39, 0.29) is 5.54 Å². The standard InChI is InChI=1S/C14H23N3S/c1-14(2,3)16-12-6-4-7-13(15-12)17-8-5-10-18-11-9-17/h4,6-7H,5,8-11H2,1-3H3,(H,15,16). The first kappa shape index (κ1) is 13.5. The van der Waals surface area contributed by atoms with Crippen molar-refractivity contribution in [1.29, 1.82) is 0 Å². The fourth-order valence-corrected chi connectivity index (χ4v) is 2.92. The number of pyridine rings is 1. The molecule has 0 bridgehead atoms. The Bertz CT molecular complexity index is 379. The maximum atomic E-state index is 4.73. The average molecular weight is 265 g/mol. The van der Waals surface area contributed by atoms with Gasteiger partial charge < -0.3 is 10.2 Å². The molecule has 4 heteroatoms. The number of nitrogens with one attached hydrogen (secondary N) is 1. The second kappa shape index (κ2) is 5.83. The van der Waals surface area contributed by atoms with Gasteiger partial charge in [-0.3, -0.25) is 0 Å². The summed E-state index contributed by atoms with van der Waals surface area (Å²) in [6, 6.07) is 6.25. The van der Waals surface area contributed by atoms with Crippen molar-refractivity contribution in [3.8, 4) is 0 Å². The molecule has 0 spiro atoms. The van der Waals surface area contributed by atoms with Gasteiger partial charge in [-0.05, 0) is 45.1 Å². The van der Waals surface area contributed by atoms with Crippen LogP contribution in [0.15, 0.2) is 18.2 Å². The average Bonchev–Trinajstić information content (AvgIpc) is 2.55. The third-order valence-electron chi connectivity index (χ3n) is 2.78. The summed E-state index contributed by atoms with van der Waals surface area (Å²) in [5.41, 5.74) is 0.0558. The molecule has 0 aliphatic carbocycles. The summed E-state index contributed by atoms with van der Waals surface area (Å²) >= 11 is 2.04. The first-order valence-corrected chi connectivity index (χ1v) is 7.78. The van der Waals surface area contributed by atoms with E-state index in [1.54, 1.807) is 0 Å². The first-order chi connectivity index (χ1) is 8.54. The number of rotatable bonds is 2. The molecule has 18 heavy (non-hydrogen) atoms. The summed E-state index contributed by atoms with van der Waals surface area (Å²) in [5, 5.41) is 3.43. The molecule has 3 nitrogen and oxygen atoms in total. The topological polar surface area (TPSA) is 28.2 Å². The minimum atomic E-state index is 0.0558. The predicted molar refractivity (Wildman–Crippen MR) is 81.8 cm³/mol. The van der Waals surface area contributed by atoms with Crippen LogP contribution < -0.4 is 10.2 Å². The highest BCUT2D eigenvalue weighted by Crippen LogP contribution is 2.20. The van der Waals surface area contributed by atoms with Gasteiger partial charge in [0, 0.05) is 24.4 Å². The number of thioether (sulfide) groups is 1. The van der Waals surface area contributed by atoms with Gasteiger partial charge in [-0.25, -0.2) is 4.98 Å². The van der Waals surface area contributed by atoms with Crippen molar-refractivity contribution in [3.63, 3.8) is 0 Å². The highest BCUT2D eigenvalue weighted by molar-refractivity contribution is 7.99. The lowest BCUT2D eigenvalue weighted by molar-refractivity contribution is 0.630. The molecule has 0 saturated carbocycles. The fraction of sp³-hybridized carbons (Fsp3) is 0.643. The van der Waals surface area contributed by atoms with Crippen molar-refractivity contribution >= 4 is 23.4 Å². The molecule has 1 aliphatic rings. The van der Waals surface area contributed by atoms with Gasteiger partial charge in [0.15, 0.2) is 0 Å². The van der Waals surface area contributed by atoms with Crippen LogP contribution in [0, 0.1) is 0 Å². The summed E-state index contributed by atoms with van der Waals surface area (Å²) in [4.78, 5) is 7.13. The molecule has 1 fully saturated rings. The lowest BCUT2D eigenvalue weighted by Crippen LogP contribution is -2.29. The van der Waals surface area contributed by atoms with Gasteiger partial charge in [0.25, 0.3) is 0 Å². The molecule has 1 aromatic rings. The molecule has 2 heterocycles. The molecule has 100 valence electrons. The number of hydrogen-bond acceptors (Lipinski definition) is 4. The second-order valence-corrected chi connectivity index (χ2v) is 6.93. The summed E-state index contributed by atoms with van der Waals surface area (Å²) in [5.74, 6) is 4.55. The van der Waals surface area contributed by atoms with Crippen LogP contribution in [-0.4, -0.2) is 35.1 Å². The van der Waals surface area contributed by atoms with Gasteiger partial charge in [-0.1, -0.05) is 6.07 Å². The van der Waals surface area contributed by atoms with Crippen molar-refractivity contribution < 1.29 is 0 Å². The van der Waals surface area contributed by atoms with Crippen molar-refractivity contribution in [2.45, 2.75) is 32.7 Å². The molecule has 1 N–H and O–H groups in total. The number of anilines is 2. The van der Waals surface area contributed by atoms with E-state index in [4.69, 9.17) is 4.98 Å². The van der Waals surface area contributed by atoms with Crippen molar-refractivity contribution in [2.75, 3.05) is 34.8 Å². The molecule has 1 aliphatic heterocycles. The van der Waals surface area contributed by atoms with Crippen molar-refractivity contribution in [1.82, 2.24) is 4.98 Å². The molecule has 1 aromatic heterocycles. The van der Waals surface area contributed by atoms with Gasteiger partial charge in [-0.15, -0.1) is 0 Å². The molecular weight excluding hydrogens is 242 g/mol. The summed E-state index contributed by atoms with van der Waals surface area (Å²) in [6.45, 7) is 8.70. The van der Waals surface area contributed by atoms with Crippen molar-refractivity contribution in [3.05, 3.63) is 18.2 Å². The van der Waals surface area contributed by atoms with E-state index in [0.717, 1.165) is 24.7 Å². The molecular formula is C14H23N3S. The normalized spacial score (nSPS) is 17.4. The van der Waals surface area contributed by atoms with E-state index < -0.39 is 0 Å². The molecule has 0 unspecified atom stereocenters. The monoisotopic (exact) mass is 265 g/mol. The van der Waals surface area contributed by atoms with Crippen LogP contribution in [0.25, 0.3) is 0 Å². The van der Waals surface area contributed by atoms with Gasteiger partial charge in [0.2, 0.25) is 0 Å². The minimum Gasteiger partial charge on any atom is -0.365 e. The third kappa shape index (κ3) is 4.09. The second-order valence-electron chi connectivity index (χ2n) is 5.71. The van der Waals surface area contributed by atoms with Crippen LogP contribution in [0.4, 0.5) is 11.6 Å². The zero-order chi connectivity index (χ0) is 13.0. The first-order valence-electron chi connectivity index (χ1n) is 6.62. The highest BCUT2D eigenvalue weighted by Gasteiger charge is 2.14. The molecule has 0 aromatic carbocycles. The van der Waals surface area contributed by atoms with Gasteiger partial charge in [0.1, 0.15) is 11.6 Å². The zero-order valence-corrected chi connectivity index (χ0v) is 12.4. The van der Waals surface area contributed by atoms with Crippen LogP contribution in [0.3, 0.4) is 0 Å². The van der Waals surface area contributed by atoms with E-state index in [1.807, 2.05) is 17.8 Å². The molecule has 1 saturated heterocycles. The molecule has 0 atom stereocenters. The Morgan fingerprint density at radius 1 is 1.22 bits per heavy atom. The molecule has 2 rings (SSSR count). The largest absolute Gasteiger partial charge is 0.365 e. The summed E-state index contributed by atoms with van der Waals surface area (Å²) in [7, 11) is 0. The van der Waals surface area contributed by atoms with E-state index in [2.05, 4.69) is 43.1 Å². The molecule has 0 radical (unpaired) electrons. The lowest BCUT2D eigenvalue weighted by atomic mass is 10.1. The summed E-state index contributed by atoms with van der Waals surface area (Å²) in [6.07, 6.45) is 1.25. The zero-order valence-electron chi connectivity index (χ0n) is 11.6. The number of aromatic nitrogens is 1. The Balaban J connectivity index is 2.10. The Morgan fingerprint density at radius 3 is 2.83 bits per heavy atom. The van der Waals surface area contributed by atoms with Gasteiger partial charge in [0.05, 0.1) is 0 Å². The minimum absolute atomic E-state index is 0.0558. The predicted octanol–water partition coefficient (Wildman–Crippen LogP) is 3.24. The van der Waals surface area contributed by atoms with Crippen LogP contribution in [0.5, 0.6) is 0 Å². The number of hydrogen-bond donors (Lipinski definition) is 1. The maximum Gasteiger partial charge on any atom is 0.130 e. The van der Waals surface area contributed by atoms with Crippen LogP contribution in [0.1, 0.15) is 27.2 Å². The number of nitrogens with zero attached hydrogens (tertiary/aromatic N) is 2. The van der Waals surface area contributed by atoms with E-state index >= 15 is 0 Å². The Kier molecular flexibility index (Phi) is 4.38. The van der Waals surface area contributed by atoms with E-state index in [0.29, 0.717) is 0 Å². The van der Waals surface area contributed by atoms with E-state index in [1.165, 1.54) is 17.9 Å². The van der Waals surface area contributed by atoms with Crippen LogP contribution in [0.2, 0.25) is 0 Å². The van der Waals surface area contributed by atoms with Gasteiger partial charge in [-0.2, -0.15) is 11.8 Å². The third-order valence-corrected chi connectivity index (χ3v) is 3.83. The summed E-state index contributed by atoms with van der Waals surface area (Å²) < 4.78 is 0. The SMILES string of the molecule is CC(C)(C)Nc1cccc(N2CCCSCC2)n1. The Hall–Kier alpha value is -0.900. The Labute approximate surface area is 114 Å². The molecule has 0 amide bonds. The highest BCUT2D eigenvalue weighted by atomic mass is 32.2. The Morgan fingerprint density at radius 2 is 2.06 bits per heavy atom. The van der Waals surface area contributed by atoms with Crippen LogP contribution >= 0.6 is 11.8 Å². The fourth-order valence-electron chi connectivity index (χ4n) is 2.03. The quantitative estimate of drug-likeness (QED) is 0.888. The maximum absolute atomic E-state index is 4.73. The van der Waals surface area contributed by atoms with Gasteiger partial charge >= 0.3 is 0 Å². The lowest BCUT2D eigenvalue weighted by Gasteiger charge is -2.24. The van der Waals surface area contributed by atoms with E-state index in [9.17, 15) is 0 Å². The van der Waals surface area contributed by atoms with Crippen LogP contribution in [-0.2, 0) is 0 Å². The smallest absolute Gasteiger partial charge is 0.130 e.